The van der Waals surface area contributed by atoms with Gasteiger partial charge in [0, 0.05) is 18.2 Å². The smallest absolute Gasteiger partial charge is 0.219 e. The molecule has 3 heteroatoms. The third-order valence-electron chi connectivity index (χ3n) is 3.30. The van der Waals surface area contributed by atoms with E-state index in [0.29, 0.717) is 5.88 Å². The normalized spacial score (nSPS) is 11.5. The van der Waals surface area contributed by atoms with E-state index in [-0.39, 0.29) is 5.41 Å². The van der Waals surface area contributed by atoms with Crippen molar-refractivity contribution in [3.8, 4) is 11.6 Å². The van der Waals surface area contributed by atoms with Crippen LogP contribution in [0.1, 0.15) is 37.6 Å². The number of pyridine rings is 1. The van der Waals surface area contributed by atoms with E-state index in [2.05, 4.69) is 50.1 Å². The SMILES string of the molecule is CNCc1cccc(Oc2ccc(C)cc2C(C)(C)C)n1. The summed E-state index contributed by atoms with van der Waals surface area (Å²) in [6, 6.07) is 12.1. The third kappa shape index (κ3) is 4.05. The van der Waals surface area contributed by atoms with Gasteiger partial charge in [-0.15, -0.1) is 0 Å². The summed E-state index contributed by atoms with van der Waals surface area (Å²) < 4.78 is 6.04. The fraction of sp³-hybridized carbons (Fsp3) is 0.389. The summed E-state index contributed by atoms with van der Waals surface area (Å²) >= 11 is 0. The topological polar surface area (TPSA) is 34.1 Å². The van der Waals surface area contributed by atoms with Crippen LogP contribution in [0.15, 0.2) is 36.4 Å². The van der Waals surface area contributed by atoms with E-state index in [1.165, 1.54) is 11.1 Å². The monoisotopic (exact) mass is 284 g/mol. The van der Waals surface area contributed by atoms with Crippen LogP contribution in [0.3, 0.4) is 0 Å². The Bertz CT molecular complexity index is 615. The van der Waals surface area contributed by atoms with Crippen molar-refractivity contribution >= 4 is 0 Å². The maximum atomic E-state index is 6.04. The van der Waals surface area contributed by atoms with E-state index in [4.69, 9.17) is 4.74 Å². The van der Waals surface area contributed by atoms with E-state index < -0.39 is 0 Å². The van der Waals surface area contributed by atoms with Crippen LogP contribution in [0.2, 0.25) is 0 Å². The molecule has 0 unspecified atom stereocenters. The summed E-state index contributed by atoms with van der Waals surface area (Å²) in [5, 5.41) is 3.10. The highest BCUT2D eigenvalue weighted by molar-refractivity contribution is 5.43. The van der Waals surface area contributed by atoms with Gasteiger partial charge in [-0.1, -0.05) is 44.5 Å². The van der Waals surface area contributed by atoms with Gasteiger partial charge in [-0.25, -0.2) is 4.98 Å². The van der Waals surface area contributed by atoms with E-state index in [1.54, 1.807) is 0 Å². The average Bonchev–Trinajstić information content (AvgIpc) is 2.40. The van der Waals surface area contributed by atoms with Gasteiger partial charge in [0.25, 0.3) is 0 Å². The number of aryl methyl sites for hydroxylation is 1. The Morgan fingerprint density at radius 2 is 1.90 bits per heavy atom. The molecule has 2 aromatic rings. The van der Waals surface area contributed by atoms with E-state index in [0.717, 1.165) is 18.0 Å². The molecule has 1 N–H and O–H groups in total. The number of hydrogen-bond acceptors (Lipinski definition) is 3. The number of ether oxygens (including phenoxy) is 1. The molecule has 0 spiro atoms. The van der Waals surface area contributed by atoms with Gasteiger partial charge in [0.2, 0.25) is 5.88 Å². The van der Waals surface area contributed by atoms with Crippen LogP contribution in [0.5, 0.6) is 11.6 Å². The molecule has 0 radical (unpaired) electrons. The lowest BCUT2D eigenvalue weighted by Gasteiger charge is -2.23. The lowest BCUT2D eigenvalue weighted by atomic mass is 9.85. The van der Waals surface area contributed by atoms with Crippen LogP contribution in [-0.2, 0) is 12.0 Å². The molecule has 0 bridgehead atoms. The standard InChI is InChI=1S/C18H24N2O/c1-13-9-10-16(15(11-13)18(2,3)4)21-17-8-6-7-14(20-17)12-19-5/h6-11,19H,12H2,1-5H3. The Morgan fingerprint density at radius 1 is 1.14 bits per heavy atom. The number of nitrogens with zero attached hydrogens (tertiary/aromatic N) is 1. The first-order chi connectivity index (χ1) is 9.90. The summed E-state index contributed by atoms with van der Waals surface area (Å²) in [4.78, 5) is 4.52. The second-order valence-corrected chi connectivity index (χ2v) is 6.35. The maximum Gasteiger partial charge on any atom is 0.219 e. The molecule has 0 saturated heterocycles. The van der Waals surface area contributed by atoms with Gasteiger partial charge in [-0.3, -0.25) is 0 Å². The summed E-state index contributed by atoms with van der Waals surface area (Å²) in [6.07, 6.45) is 0. The summed E-state index contributed by atoms with van der Waals surface area (Å²) in [5.74, 6) is 1.51. The minimum atomic E-state index is 0.0317. The Balaban J connectivity index is 2.33. The maximum absolute atomic E-state index is 6.04. The number of rotatable bonds is 4. The molecule has 0 aliphatic carbocycles. The first-order valence-electron chi connectivity index (χ1n) is 7.29. The molecule has 0 atom stereocenters. The minimum Gasteiger partial charge on any atom is -0.439 e. The van der Waals surface area contributed by atoms with Gasteiger partial charge < -0.3 is 10.1 Å². The fourth-order valence-corrected chi connectivity index (χ4v) is 2.23. The Labute approximate surface area is 127 Å². The van der Waals surface area contributed by atoms with E-state index in [9.17, 15) is 0 Å². The minimum absolute atomic E-state index is 0.0317. The van der Waals surface area contributed by atoms with Crippen LogP contribution in [0.4, 0.5) is 0 Å². The van der Waals surface area contributed by atoms with Crippen molar-refractivity contribution in [2.45, 2.75) is 39.7 Å². The summed E-state index contributed by atoms with van der Waals surface area (Å²) in [5.41, 5.74) is 3.44. The predicted octanol–water partition coefficient (Wildman–Crippen LogP) is 4.20. The largest absolute Gasteiger partial charge is 0.439 e. The summed E-state index contributed by atoms with van der Waals surface area (Å²) in [6.45, 7) is 9.42. The quantitative estimate of drug-likeness (QED) is 0.913. The molecular formula is C18H24N2O. The molecule has 21 heavy (non-hydrogen) atoms. The van der Waals surface area contributed by atoms with Crippen LogP contribution in [0, 0.1) is 6.92 Å². The zero-order valence-electron chi connectivity index (χ0n) is 13.5. The van der Waals surface area contributed by atoms with Gasteiger partial charge in [-0.2, -0.15) is 0 Å². The van der Waals surface area contributed by atoms with Crippen molar-refractivity contribution in [2.24, 2.45) is 0 Å². The molecule has 0 aliphatic rings. The molecule has 0 aliphatic heterocycles. The highest BCUT2D eigenvalue weighted by atomic mass is 16.5. The number of hydrogen-bond donors (Lipinski definition) is 1. The fourth-order valence-electron chi connectivity index (χ4n) is 2.23. The first kappa shape index (κ1) is 15.5. The lowest BCUT2D eigenvalue weighted by molar-refractivity contribution is 0.437. The Hall–Kier alpha value is -1.87. The number of benzene rings is 1. The molecule has 1 aromatic carbocycles. The highest BCUT2D eigenvalue weighted by Crippen LogP contribution is 2.34. The number of nitrogens with one attached hydrogen (secondary N) is 1. The van der Waals surface area contributed by atoms with Gasteiger partial charge >= 0.3 is 0 Å². The van der Waals surface area contributed by atoms with Crippen LogP contribution >= 0.6 is 0 Å². The van der Waals surface area contributed by atoms with Crippen LogP contribution in [-0.4, -0.2) is 12.0 Å². The Morgan fingerprint density at radius 3 is 2.57 bits per heavy atom. The van der Waals surface area contributed by atoms with E-state index >= 15 is 0 Å². The zero-order valence-corrected chi connectivity index (χ0v) is 13.5. The predicted molar refractivity (Wildman–Crippen MR) is 87.0 cm³/mol. The van der Waals surface area contributed by atoms with E-state index in [1.807, 2.05) is 31.3 Å². The molecular weight excluding hydrogens is 260 g/mol. The van der Waals surface area contributed by atoms with Crippen molar-refractivity contribution in [3.05, 3.63) is 53.2 Å². The first-order valence-corrected chi connectivity index (χ1v) is 7.29. The molecule has 2 rings (SSSR count). The zero-order chi connectivity index (χ0) is 15.5. The van der Waals surface area contributed by atoms with Gasteiger partial charge in [-0.05, 0) is 31.5 Å². The van der Waals surface area contributed by atoms with Crippen molar-refractivity contribution in [3.63, 3.8) is 0 Å². The van der Waals surface area contributed by atoms with Gasteiger partial charge in [0.05, 0.1) is 5.69 Å². The molecule has 112 valence electrons. The molecule has 0 amide bonds. The molecule has 1 aromatic heterocycles. The molecule has 0 saturated carbocycles. The lowest BCUT2D eigenvalue weighted by Crippen LogP contribution is -2.13. The molecule has 1 heterocycles. The van der Waals surface area contributed by atoms with Crippen molar-refractivity contribution in [1.82, 2.24) is 10.3 Å². The summed E-state index contributed by atoms with van der Waals surface area (Å²) in [7, 11) is 1.91. The second kappa shape index (κ2) is 6.27. The van der Waals surface area contributed by atoms with Crippen molar-refractivity contribution in [1.29, 1.82) is 0 Å². The van der Waals surface area contributed by atoms with Gasteiger partial charge in [0.1, 0.15) is 5.75 Å². The average molecular weight is 284 g/mol. The molecule has 3 nitrogen and oxygen atoms in total. The second-order valence-electron chi connectivity index (χ2n) is 6.35. The highest BCUT2D eigenvalue weighted by Gasteiger charge is 2.19. The van der Waals surface area contributed by atoms with Crippen molar-refractivity contribution < 1.29 is 4.74 Å². The number of aromatic nitrogens is 1. The molecule has 0 fully saturated rings. The van der Waals surface area contributed by atoms with Gasteiger partial charge in [0.15, 0.2) is 0 Å². The van der Waals surface area contributed by atoms with Crippen molar-refractivity contribution in [2.75, 3.05) is 7.05 Å². The Kier molecular flexibility index (Phi) is 4.63. The van der Waals surface area contributed by atoms with Crippen LogP contribution < -0.4 is 10.1 Å². The third-order valence-corrected chi connectivity index (χ3v) is 3.30. The van der Waals surface area contributed by atoms with Crippen LogP contribution in [0.25, 0.3) is 0 Å².